The standard InChI is InChI=1S/C19H22ClNO3/c1-13-9-16(20)7-8-18(13)24-12-19(22)21-14(2)10-15-5-4-6-17(11-15)23-3/h4-9,11,14H,10,12H2,1-3H3,(H,21,22). The Bertz CT molecular complexity index is 703. The van der Waals surface area contributed by atoms with Crippen LogP contribution >= 0.6 is 11.6 Å². The van der Waals surface area contributed by atoms with Crippen LogP contribution in [-0.2, 0) is 11.2 Å². The van der Waals surface area contributed by atoms with Crippen LogP contribution in [-0.4, -0.2) is 25.7 Å². The first kappa shape index (κ1) is 18.1. The molecule has 0 spiro atoms. The SMILES string of the molecule is COc1cccc(CC(C)NC(=O)COc2ccc(Cl)cc2C)c1. The van der Waals surface area contributed by atoms with E-state index in [0.29, 0.717) is 10.8 Å². The quantitative estimate of drug-likeness (QED) is 0.829. The smallest absolute Gasteiger partial charge is 0.258 e. The molecule has 1 N–H and O–H groups in total. The number of amides is 1. The minimum atomic E-state index is -0.153. The summed E-state index contributed by atoms with van der Waals surface area (Å²) in [5, 5.41) is 3.59. The molecular weight excluding hydrogens is 326 g/mol. The van der Waals surface area contributed by atoms with E-state index >= 15 is 0 Å². The van der Waals surface area contributed by atoms with E-state index in [1.54, 1.807) is 25.3 Å². The summed E-state index contributed by atoms with van der Waals surface area (Å²) < 4.78 is 10.8. The Labute approximate surface area is 147 Å². The molecule has 0 radical (unpaired) electrons. The van der Waals surface area contributed by atoms with Gasteiger partial charge in [0.25, 0.3) is 5.91 Å². The molecule has 0 saturated carbocycles. The number of rotatable bonds is 7. The Morgan fingerprint density at radius 1 is 1.25 bits per heavy atom. The van der Waals surface area contributed by atoms with Crippen LogP contribution in [0.3, 0.4) is 0 Å². The first-order valence-corrected chi connectivity index (χ1v) is 8.17. The average Bonchev–Trinajstić information content (AvgIpc) is 2.54. The van der Waals surface area contributed by atoms with Gasteiger partial charge in [0.05, 0.1) is 7.11 Å². The van der Waals surface area contributed by atoms with Crippen LogP contribution in [0.4, 0.5) is 0 Å². The summed E-state index contributed by atoms with van der Waals surface area (Å²) in [6.07, 6.45) is 0.725. The van der Waals surface area contributed by atoms with Crippen LogP contribution in [0.25, 0.3) is 0 Å². The predicted molar refractivity (Wildman–Crippen MR) is 96.0 cm³/mol. The molecule has 2 rings (SSSR count). The summed E-state index contributed by atoms with van der Waals surface area (Å²) in [6, 6.07) is 13.1. The lowest BCUT2D eigenvalue weighted by Gasteiger charge is -2.15. The average molecular weight is 348 g/mol. The van der Waals surface area contributed by atoms with Gasteiger partial charge in [0.2, 0.25) is 0 Å². The van der Waals surface area contributed by atoms with E-state index in [4.69, 9.17) is 21.1 Å². The lowest BCUT2D eigenvalue weighted by atomic mass is 10.1. The van der Waals surface area contributed by atoms with Crippen LogP contribution in [0.2, 0.25) is 5.02 Å². The first-order valence-electron chi connectivity index (χ1n) is 7.79. The fourth-order valence-corrected chi connectivity index (χ4v) is 2.67. The van der Waals surface area contributed by atoms with Crippen LogP contribution in [0.1, 0.15) is 18.1 Å². The van der Waals surface area contributed by atoms with Crippen molar-refractivity contribution in [1.29, 1.82) is 0 Å². The zero-order valence-corrected chi connectivity index (χ0v) is 14.9. The molecule has 128 valence electrons. The van der Waals surface area contributed by atoms with E-state index in [1.807, 2.05) is 38.1 Å². The van der Waals surface area contributed by atoms with Crippen molar-refractivity contribution in [3.63, 3.8) is 0 Å². The van der Waals surface area contributed by atoms with Crippen LogP contribution < -0.4 is 14.8 Å². The van der Waals surface area contributed by atoms with Crippen LogP contribution in [0.15, 0.2) is 42.5 Å². The monoisotopic (exact) mass is 347 g/mol. The van der Waals surface area contributed by atoms with Gasteiger partial charge < -0.3 is 14.8 Å². The van der Waals surface area contributed by atoms with Gasteiger partial charge in [0.1, 0.15) is 11.5 Å². The molecular formula is C19H22ClNO3. The summed E-state index contributed by atoms with van der Waals surface area (Å²) in [5.41, 5.74) is 2.01. The van der Waals surface area contributed by atoms with Crippen molar-refractivity contribution in [3.05, 3.63) is 58.6 Å². The fraction of sp³-hybridized carbons (Fsp3) is 0.316. The highest BCUT2D eigenvalue weighted by Gasteiger charge is 2.10. The van der Waals surface area contributed by atoms with Crippen molar-refractivity contribution in [2.75, 3.05) is 13.7 Å². The van der Waals surface area contributed by atoms with Crippen LogP contribution in [0.5, 0.6) is 11.5 Å². The number of carbonyl (C=O) groups excluding carboxylic acids is 1. The number of nitrogens with one attached hydrogen (secondary N) is 1. The minimum absolute atomic E-state index is 0.000444. The number of ether oxygens (including phenoxy) is 2. The Morgan fingerprint density at radius 2 is 2.04 bits per heavy atom. The molecule has 5 heteroatoms. The highest BCUT2D eigenvalue weighted by Crippen LogP contribution is 2.21. The molecule has 0 bridgehead atoms. The second-order valence-electron chi connectivity index (χ2n) is 5.72. The summed E-state index contributed by atoms with van der Waals surface area (Å²) >= 11 is 5.90. The molecule has 1 amide bonds. The van der Waals surface area contributed by atoms with Gasteiger partial charge in [0, 0.05) is 11.1 Å². The predicted octanol–water partition coefficient (Wildman–Crippen LogP) is 3.78. The van der Waals surface area contributed by atoms with Crippen LogP contribution in [0, 0.1) is 6.92 Å². The summed E-state index contributed by atoms with van der Waals surface area (Å²) in [5.74, 6) is 1.32. The van der Waals surface area contributed by atoms with Crippen molar-refractivity contribution in [2.24, 2.45) is 0 Å². The Hall–Kier alpha value is -2.20. The molecule has 1 unspecified atom stereocenters. The lowest BCUT2D eigenvalue weighted by molar-refractivity contribution is -0.123. The van der Waals surface area contributed by atoms with E-state index in [1.165, 1.54) is 0 Å². The van der Waals surface area contributed by atoms with Gasteiger partial charge in [-0.15, -0.1) is 0 Å². The van der Waals surface area contributed by atoms with E-state index in [2.05, 4.69) is 5.32 Å². The van der Waals surface area contributed by atoms with Crippen molar-refractivity contribution in [2.45, 2.75) is 26.3 Å². The number of methoxy groups -OCH3 is 1. The third-order valence-electron chi connectivity index (χ3n) is 3.58. The normalized spacial score (nSPS) is 11.7. The summed E-state index contributed by atoms with van der Waals surface area (Å²) in [7, 11) is 1.64. The molecule has 0 aliphatic rings. The van der Waals surface area contributed by atoms with Crippen molar-refractivity contribution in [3.8, 4) is 11.5 Å². The largest absolute Gasteiger partial charge is 0.497 e. The first-order chi connectivity index (χ1) is 11.5. The molecule has 24 heavy (non-hydrogen) atoms. The Morgan fingerprint density at radius 3 is 2.75 bits per heavy atom. The van der Waals surface area contributed by atoms with Crippen molar-refractivity contribution >= 4 is 17.5 Å². The third-order valence-corrected chi connectivity index (χ3v) is 3.81. The molecule has 2 aromatic rings. The van der Waals surface area contributed by atoms with Crippen molar-refractivity contribution < 1.29 is 14.3 Å². The molecule has 0 aliphatic carbocycles. The third kappa shape index (κ3) is 5.46. The maximum Gasteiger partial charge on any atom is 0.258 e. The molecule has 1 atom stereocenters. The van der Waals surface area contributed by atoms with Gasteiger partial charge in [-0.2, -0.15) is 0 Å². The summed E-state index contributed by atoms with van der Waals surface area (Å²) in [4.78, 5) is 12.0. The zero-order chi connectivity index (χ0) is 17.5. The van der Waals surface area contributed by atoms with E-state index in [9.17, 15) is 4.79 Å². The molecule has 0 heterocycles. The van der Waals surface area contributed by atoms with Crippen molar-refractivity contribution in [1.82, 2.24) is 5.32 Å². The molecule has 0 saturated heterocycles. The topological polar surface area (TPSA) is 47.6 Å². The number of halogens is 1. The molecule has 2 aromatic carbocycles. The van der Waals surface area contributed by atoms with E-state index in [-0.39, 0.29) is 18.6 Å². The second kappa shape index (κ2) is 8.60. The van der Waals surface area contributed by atoms with Gasteiger partial charge in [-0.05, 0) is 61.7 Å². The highest BCUT2D eigenvalue weighted by molar-refractivity contribution is 6.30. The Kier molecular flexibility index (Phi) is 6.50. The van der Waals surface area contributed by atoms with Gasteiger partial charge in [-0.3, -0.25) is 4.79 Å². The number of hydrogen-bond donors (Lipinski definition) is 1. The maximum absolute atomic E-state index is 12.0. The molecule has 4 nitrogen and oxygen atoms in total. The minimum Gasteiger partial charge on any atom is -0.497 e. The lowest BCUT2D eigenvalue weighted by Crippen LogP contribution is -2.37. The number of benzene rings is 2. The van der Waals surface area contributed by atoms with Gasteiger partial charge in [-0.1, -0.05) is 23.7 Å². The summed E-state index contributed by atoms with van der Waals surface area (Å²) in [6.45, 7) is 3.83. The number of hydrogen-bond acceptors (Lipinski definition) is 3. The van der Waals surface area contributed by atoms with Gasteiger partial charge in [0.15, 0.2) is 6.61 Å². The van der Waals surface area contributed by atoms with E-state index in [0.717, 1.165) is 23.3 Å². The maximum atomic E-state index is 12.0. The van der Waals surface area contributed by atoms with Gasteiger partial charge >= 0.3 is 0 Å². The Balaban J connectivity index is 1.82. The number of carbonyl (C=O) groups is 1. The zero-order valence-electron chi connectivity index (χ0n) is 14.1. The highest BCUT2D eigenvalue weighted by atomic mass is 35.5. The molecule has 0 aliphatic heterocycles. The molecule has 0 fully saturated rings. The number of aryl methyl sites for hydroxylation is 1. The van der Waals surface area contributed by atoms with E-state index < -0.39 is 0 Å². The fourth-order valence-electron chi connectivity index (χ4n) is 2.44. The van der Waals surface area contributed by atoms with Gasteiger partial charge in [-0.25, -0.2) is 0 Å². The second-order valence-corrected chi connectivity index (χ2v) is 6.16. The molecule has 0 aromatic heterocycles.